The van der Waals surface area contributed by atoms with Crippen LogP contribution < -0.4 is 5.73 Å². The largest absolute Gasteiger partial charge is 0.710 e. The van der Waals surface area contributed by atoms with Crippen molar-refractivity contribution in [2.24, 2.45) is 11.7 Å². The Kier molecular flexibility index (Phi) is 6.21. The van der Waals surface area contributed by atoms with Gasteiger partial charge in [-0.25, -0.2) is 9.53 Å². The summed E-state index contributed by atoms with van der Waals surface area (Å²) in [5.41, 5.74) is 10.4. The van der Waals surface area contributed by atoms with E-state index in [2.05, 4.69) is 0 Å². The van der Waals surface area contributed by atoms with Gasteiger partial charge in [0.1, 0.15) is 5.71 Å². The maximum Gasteiger partial charge on any atom is 0.347 e. The van der Waals surface area contributed by atoms with E-state index < -0.39 is 5.97 Å². The lowest BCUT2D eigenvalue weighted by Crippen LogP contribution is -2.26. The molecule has 0 radical (unpaired) electrons. The fourth-order valence-corrected chi connectivity index (χ4v) is 4.66. The van der Waals surface area contributed by atoms with E-state index in [4.69, 9.17) is 10.5 Å². The van der Waals surface area contributed by atoms with Gasteiger partial charge in [-0.05, 0) is 30.9 Å². The quantitative estimate of drug-likeness (QED) is 0.433. The van der Waals surface area contributed by atoms with Crippen LogP contribution in [0.3, 0.4) is 0 Å². The van der Waals surface area contributed by atoms with Crippen molar-refractivity contribution < 1.29 is 14.3 Å². The van der Waals surface area contributed by atoms with E-state index in [1.165, 1.54) is 6.42 Å². The molecule has 2 aliphatic rings. The van der Waals surface area contributed by atoms with Crippen LogP contribution in [0.25, 0.3) is 5.57 Å². The predicted molar refractivity (Wildman–Crippen MR) is 122 cm³/mol. The number of rotatable bonds is 5. The highest BCUT2D eigenvalue weighted by atomic mass is 16.5. The second-order valence-electron chi connectivity index (χ2n) is 7.98. The number of nitrogens with two attached hydrogens (primary N) is 1. The molecule has 1 heterocycles. The van der Waals surface area contributed by atoms with E-state index in [1.54, 1.807) is 6.92 Å². The minimum atomic E-state index is -0.550. The normalized spacial score (nSPS) is 17.3. The second-order valence-corrected chi connectivity index (χ2v) is 7.98. The zero-order chi connectivity index (χ0) is 21.8. The Hall–Kier alpha value is -3.34. The van der Waals surface area contributed by atoms with Crippen LogP contribution in [0, 0.1) is 11.1 Å². The van der Waals surface area contributed by atoms with Gasteiger partial charge in [0, 0.05) is 17.1 Å². The van der Waals surface area contributed by atoms with Crippen LogP contribution in [-0.4, -0.2) is 23.0 Å². The minimum absolute atomic E-state index is 0.0640. The third-order valence-electron chi connectivity index (χ3n) is 6.05. The van der Waals surface area contributed by atoms with Gasteiger partial charge in [-0.2, -0.15) is 0 Å². The average Bonchev–Trinajstić information content (AvgIpc) is 3.06. The van der Waals surface area contributed by atoms with Gasteiger partial charge < -0.3 is 9.94 Å². The number of hydrogen-bond donors (Lipinski definition) is 1. The Morgan fingerprint density at radius 1 is 1.00 bits per heavy atom. The van der Waals surface area contributed by atoms with Crippen LogP contribution >= 0.6 is 0 Å². The van der Waals surface area contributed by atoms with E-state index in [-0.39, 0.29) is 23.9 Å². The zero-order valence-electron chi connectivity index (χ0n) is 17.8. The average molecular weight is 417 g/mol. The number of benzene rings is 2. The standard InChI is InChI=1S/C26H28N2O3/c1-2-31-26(29)23-22(24(28(30)25(23)27)20-16-10-5-11-17-20)21(18-12-6-3-7-13-18)19-14-8-4-9-15-19/h3-4,6-9,12-15,20H,2,5,10-11,16-17,27H2,1H3. The van der Waals surface area contributed by atoms with Crippen molar-refractivity contribution in [1.82, 2.24) is 0 Å². The molecule has 1 saturated carbocycles. The molecule has 2 aromatic rings. The maximum absolute atomic E-state index is 13.4. The van der Waals surface area contributed by atoms with Gasteiger partial charge in [-0.1, -0.05) is 79.9 Å². The molecule has 160 valence electrons. The molecule has 5 heteroatoms. The fourth-order valence-electron chi connectivity index (χ4n) is 4.66. The summed E-state index contributed by atoms with van der Waals surface area (Å²) in [6.07, 6.45) is 5.13. The molecule has 0 amide bonds. The molecule has 5 nitrogen and oxygen atoms in total. The van der Waals surface area contributed by atoms with Gasteiger partial charge in [0.15, 0.2) is 5.57 Å². The highest BCUT2D eigenvalue weighted by molar-refractivity contribution is 6.19. The summed E-state index contributed by atoms with van der Waals surface area (Å²) in [5, 5.41) is 13.4. The summed E-state index contributed by atoms with van der Waals surface area (Å²) in [7, 11) is 0. The summed E-state index contributed by atoms with van der Waals surface area (Å²) in [6.45, 7) is 1.97. The van der Waals surface area contributed by atoms with Crippen LogP contribution in [0.5, 0.6) is 0 Å². The molecule has 1 fully saturated rings. The number of ether oxygens (including phenoxy) is 1. The molecule has 1 aliphatic heterocycles. The number of carbonyl (C=O) groups excluding carboxylic acids is 1. The van der Waals surface area contributed by atoms with E-state index in [0.717, 1.165) is 47.1 Å². The molecule has 0 aromatic heterocycles. The highest BCUT2D eigenvalue weighted by Gasteiger charge is 2.41. The van der Waals surface area contributed by atoms with Gasteiger partial charge in [0.05, 0.1) is 6.61 Å². The molecule has 4 rings (SSSR count). The van der Waals surface area contributed by atoms with Crippen molar-refractivity contribution in [3.63, 3.8) is 0 Å². The van der Waals surface area contributed by atoms with Crippen molar-refractivity contribution in [1.29, 1.82) is 0 Å². The van der Waals surface area contributed by atoms with Gasteiger partial charge >= 0.3 is 5.97 Å². The van der Waals surface area contributed by atoms with Crippen LogP contribution in [0.2, 0.25) is 0 Å². The van der Waals surface area contributed by atoms with Crippen LogP contribution in [-0.2, 0) is 9.53 Å². The molecule has 0 unspecified atom stereocenters. The van der Waals surface area contributed by atoms with Crippen molar-refractivity contribution in [2.45, 2.75) is 39.0 Å². The topological polar surface area (TPSA) is 78.4 Å². The molecule has 1 aliphatic carbocycles. The first-order valence-corrected chi connectivity index (χ1v) is 11.0. The molecule has 2 aromatic carbocycles. The molecule has 2 N–H and O–H groups in total. The molecular weight excluding hydrogens is 388 g/mol. The van der Waals surface area contributed by atoms with Gasteiger partial charge in [-0.15, -0.1) is 0 Å². The fraction of sp³-hybridized carbons (Fsp3) is 0.308. The smallest absolute Gasteiger partial charge is 0.347 e. The third kappa shape index (κ3) is 4.00. The Labute approximate surface area is 183 Å². The van der Waals surface area contributed by atoms with Crippen molar-refractivity contribution in [3.8, 4) is 0 Å². The van der Waals surface area contributed by atoms with Gasteiger partial charge in [0.25, 0.3) is 5.82 Å². The molecule has 0 bridgehead atoms. The van der Waals surface area contributed by atoms with Crippen LogP contribution in [0.4, 0.5) is 0 Å². The monoisotopic (exact) mass is 416 g/mol. The zero-order valence-corrected chi connectivity index (χ0v) is 17.8. The minimum Gasteiger partial charge on any atom is -0.710 e. The second kappa shape index (κ2) is 9.21. The first-order valence-electron chi connectivity index (χ1n) is 11.0. The molecule has 0 spiro atoms. The lowest BCUT2D eigenvalue weighted by atomic mass is 9.79. The summed E-state index contributed by atoms with van der Waals surface area (Å²) in [6, 6.07) is 19.7. The van der Waals surface area contributed by atoms with Gasteiger partial charge in [0.2, 0.25) is 0 Å². The Bertz CT molecular complexity index is 1010. The Morgan fingerprint density at radius 3 is 2.06 bits per heavy atom. The Morgan fingerprint density at radius 2 is 1.55 bits per heavy atom. The molecule has 0 atom stereocenters. The number of nitrogens with zero attached hydrogens (tertiary/aromatic N) is 1. The van der Waals surface area contributed by atoms with Crippen molar-refractivity contribution in [3.05, 3.63) is 94.0 Å². The van der Waals surface area contributed by atoms with E-state index >= 15 is 0 Å². The molecule has 31 heavy (non-hydrogen) atoms. The van der Waals surface area contributed by atoms with Crippen LogP contribution in [0.15, 0.2) is 77.6 Å². The maximum atomic E-state index is 13.4. The summed E-state index contributed by atoms with van der Waals surface area (Å²) in [5.74, 6) is -0.557. The van der Waals surface area contributed by atoms with E-state index in [9.17, 15) is 10.0 Å². The lowest BCUT2D eigenvalue weighted by Gasteiger charge is -2.25. The molecule has 0 saturated heterocycles. The Balaban J connectivity index is 2.03. The number of esters is 1. The number of hydrogen-bond acceptors (Lipinski definition) is 4. The lowest BCUT2D eigenvalue weighted by molar-refractivity contribution is -0.402. The van der Waals surface area contributed by atoms with E-state index in [0.29, 0.717) is 11.3 Å². The first kappa shape index (κ1) is 20.9. The van der Waals surface area contributed by atoms with Gasteiger partial charge in [-0.3, -0.25) is 5.73 Å². The summed E-state index contributed by atoms with van der Waals surface area (Å²) >= 11 is 0. The number of carbonyl (C=O) groups is 1. The third-order valence-corrected chi connectivity index (χ3v) is 6.05. The van der Waals surface area contributed by atoms with Crippen molar-refractivity contribution in [2.75, 3.05) is 6.61 Å². The van der Waals surface area contributed by atoms with Crippen LogP contribution in [0.1, 0.15) is 50.2 Å². The predicted octanol–water partition coefficient (Wildman–Crippen LogP) is 4.77. The van der Waals surface area contributed by atoms with E-state index in [1.807, 2.05) is 60.7 Å². The highest BCUT2D eigenvalue weighted by Crippen LogP contribution is 2.40. The first-order chi connectivity index (χ1) is 15.1. The number of hydroxylamine groups is 1. The summed E-state index contributed by atoms with van der Waals surface area (Å²) < 4.78 is 6.12. The van der Waals surface area contributed by atoms with Crippen molar-refractivity contribution >= 4 is 17.3 Å². The molecular formula is C26H28N2O3. The SMILES string of the molecule is CCOC(=O)C1=C(N)[N+]([O-])=C(C2CCCCC2)C1=C(c1ccccc1)c1ccccc1. The summed E-state index contributed by atoms with van der Waals surface area (Å²) in [4.78, 5) is 13.0.